The molecule has 4 rings (SSSR count). The van der Waals surface area contributed by atoms with Gasteiger partial charge < -0.3 is 10.1 Å². The Bertz CT molecular complexity index is 1150. The molecule has 0 bridgehead atoms. The van der Waals surface area contributed by atoms with Gasteiger partial charge in [0.2, 0.25) is 11.8 Å². The van der Waals surface area contributed by atoms with E-state index in [-0.39, 0.29) is 35.1 Å². The lowest BCUT2D eigenvalue weighted by molar-refractivity contribution is -0.123. The van der Waals surface area contributed by atoms with Crippen molar-refractivity contribution < 1.29 is 23.9 Å². The number of imide groups is 1. The Labute approximate surface area is 192 Å². The fourth-order valence-electron chi connectivity index (χ4n) is 4.42. The highest BCUT2D eigenvalue weighted by Gasteiger charge is 2.50. The second-order valence-electron chi connectivity index (χ2n) is 8.66. The van der Waals surface area contributed by atoms with Crippen molar-refractivity contribution in [3.8, 4) is 0 Å². The van der Waals surface area contributed by atoms with Crippen molar-refractivity contribution >= 4 is 35.1 Å². The summed E-state index contributed by atoms with van der Waals surface area (Å²) in [5.74, 6) is -2.19. The van der Waals surface area contributed by atoms with Crippen LogP contribution in [-0.2, 0) is 19.1 Å². The minimum atomic E-state index is -0.664. The monoisotopic (exact) mass is 446 g/mol. The van der Waals surface area contributed by atoms with Crippen LogP contribution in [0.25, 0.3) is 0 Å². The maximum absolute atomic E-state index is 12.9. The van der Waals surface area contributed by atoms with Gasteiger partial charge in [0.25, 0.3) is 5.91 Å². The molecule has 7 heteroatoms. The highest BCUT2D eigenvalue weighted by atomic mass is 16.5. The lowest BCUT2D eigenvalue weighted by Gasteiger charge is -2.22. The maximum atomic E-state index is 12.9. The fraction of sp³-hybridized carbons (Fsp3) is 0.308. The molecule has 2 aromatic rings. The first kappa shape index (κ1) is 22.5. The van der Waals surface area contributed by atoms with Crippen LogP contribution in [0.15, 0.2) is 54.6 Å². The standard InChI is InChI=1S/C26H26N2O5/c1-15-7-8-16(2)21(13-15)27-22(29)14-33-26(32)18-9-11-19(12-10-18)28-24(30)20-6-4-5-17(3)23(20)25(28)31/h4-5,7-13,17,20,23H,6,14H2,1-3H3,(H,27,29)/t17-,20+,23+/m0/s1. The minimum Gasteiger partial charge on any atom is -0.452 e. The second-order valence-corrected chi connectivity index (χ2v) is 8.66. The van der Waals surface area contributed by atoms with Gasteiger partial charge in [-0.3, -0.25) is 19.3 Å². The molecule has 1 N–H and O–H groups in total. The number of benzene rings is 2. The van der Waals surface area contributed by atoms with E-state index in [1.165, 1.54) is 17.0 Å². The minimum absolute atomic E-state index is 0.00851. The van der Waals surface area contributed by atoms with Crippen molar-refractivity contribution in [2.24, 2.45) is 17.8 Å². The van der Waals surface area contributed by atoms with Crippen LogP contribution in [0.1, 0.15) is 34.8 Å². The zero-order valence-electron chi connectivity index (χ0n) is 18.8. The molecular weight excluding hydrogens is 420 g/mol. The molecule has 0 spiro atoms. The summed E-state index contributed by atoms with van der Waals surface area (Å²) in [4.78, 5) is 51.5. The molecule has 2 aromatic carbocycles. The van der Waals surface area contributed by atoms with Crippen molar-refractivity contribution in [3.05, 3.63) is 71.3 Å². The van der Waals surface area contributed by atoms with Crippen molar-refractivity contribution in [2.45, 2.75) is 27.2 Å². The highest BCUT2D eigenvalue weighted by Crippen LogP contribution is 2.40. The number of hydrogen-bond acceptors (Lipinski definition) is 5. The molecule has 2 aliphatic rings. The predicted molar refractivity (Wildman–Crippen MR) is 124 cm³/mol. The molecule has 1 aliphatic heterocycles. The van der Waals surface area contributed by atoms with Gasteiger partial charge in [-0.05, 0) is 67.6 Å². The third-order valence-corrected chi connectivity index (χ3v) is 6.24. The molecule has 7 nitrogen and oxygen atoms in total. The van der Waals surface area contributed by atoms with E-state index in [4.69, 9.17) is 4.74 Å². The molecule has 1 heterocycles. The second kappa shape index (κ2) is 9.02. The molecular formula is C26H26N2O5. The van der Waals surface area contributed by atoms with Gasteiger partial charge in [0, 0.05) is 5.69 Å². The first-order chi connectivity index (χ1) is 15.8. The Morgan fingerprint density at radius 2 is 1.79 bits per heavy atom. The number of ether oxygens (including phenoxy) is 1. The summed E-state index contributed by atoms with van der Waals surface area (Å²) < 4.78 is 5.12. The lowest BCUT2D eigenvalue weighted by atomic mass is 9.78. The van der Waals surface area contributed by atoms with Crippen molar-refractivity contribution in [2.75, 3.05) is 16.8 Å². The fourth-order valence-corrected chi connectivity index (χ4v) is 4.42. The molecule has 1 saturated heterocycles. The number of fused-ring (bicyclic) bond motifs is 1. The highest BCUT2D eigenvalue weighted by molar-refractivity contribution is 6.22. The van der Waals surface area contributed by atoms with Gasteiger partial charge in [-0.2, -0.15) is 0 Å². The summed E-state index contributed by atoms with van der Waals surface area (Å²) in [7, 11) is 0. The molecule has 0 aromatic heterocycles. The van der Waals surface area contributed by atoms with E-state index in [1.807, 2.05) is 51.1 Å². The first-order valence-corrected chi connectivity index (χ1v) is 10.9. The predicted octanol–water partition coefficient (Wildman–Crippen LogP) is 3.80. The number of rotatable bonds is 5. The third kappa shape index (κ3) is 4.44. The maximum Gasteiger partial charge on any atom is 0.338 e. The number of anilines is 2. The lowest BCUT2D eigenvalue weighted by Crippen LogP contribution is -2.31. The molecule has 0 radical (unpaired) electrons. The number of esters is 1. The largest absolute Gasteiger partial charge is 0.452 e. The average Bonchev–Trinajstić information content (AvgIpc) is 3.05. The van der Waals surface area contributed by atoms with E-state index >= 15 is 0 Å². The smallest absolute Gasteiger partial charge is 0.338 e. The molecule has 33 heavy (non-hydrogen) atoms. The van der Waals surface area contributed by atoms with Crippen LogP contribution in [0.2, 0.25) is 0 Å². The summed E-state index contributed by atoms with van der Waals surface area (Å²) in [6.07, 6.45) is 4.49. The molecule has 1 aliphatic carbocycles. The normalized spacial score (nSPS) is 21.7. The number of carbonyl (C=O) groups excluding carboxylic acids is 4. The number of amides is 3. The van der Waals surface area contributed by atoms with Crippen molar-refractivity contribution in [1.29, 1.82) is 0 Å². The SMILES string of the molecule is Cc1ccc(C)c(NC(=O)COC(=O)c2ccc(N3C(=O)[C@@H]4[C@@H](C)C=CC[C@H]4C3=O)cc2)c1. The van der Waals surface area contributed by atoms with Gasteiger partial charge in [-0.1, -0.05) is 31.2 Å². The topological polar surface area (TPSA) is 92.8 Å². The van der Waals surface area contributed by atoms with Crippen LogP contribution in [0.3, 0.4) is 0 Å². The van der Waals surface area contributed by atoms with E-state index in [9.17, 15) is 19.2 Å². The Kier molecular flexibility index (Phi) is 6.14. The first-order valence-electron chi connectivity index (χ1n) is 10.9. The van der Waals surface area contributed by atoms with Gasteiger partial charge in [-0.25, -0.2) is 4.79 Å². The summed E-state index contributed by atoms with van der Waals surface area (Å²) in [6.45, 7) is 5.32. The number of allylic oxidation sites excluding steroid dienone is 2. The Hall–Kier alpha value is -3.74. The molecule has 0 unspecified atom stereocenters. The van der Waals surface area contributed by atoms with Crippen LogP contribution in [0.5, 0.6) is 0 Å². The van der Waals surface area contributed by atoms with Gasteiger partial charge in [0.05, 0.1) is 23.1 Å². The van der Waals surface area contributed by atoms with E-state index in [0.29, 0.717) is 17.8 Å². The Morgan fingerprint density at radius 1 is 1.06 bits per heavy atom. The number of nitrogens with one attached hydrogen (secondary N) is 1. The Morgan fingerprint density at radius 3 is 2.48 bits per heavy atom. The molecule has 3 amide bonds. The van der Waals surface area contributed by atoms with Gasteiger partial charge in [-0.15, -0.1) is 0 Å². The molecule has 3 atom stereocenters. The van der Waals surface area contributed by atoms with E-state index < -0.39 is 18.5 Å². The molecule has 170 valence electrons. The average molecular weight is 447 g/mol. The quantitative estimate of drug-likeness (QED) is 0.428. The van der Waals surface area contributed by atoms with Gasteiger partial charge in [0.15, 0.2) is 6.61 Å². The van der Waals surface area contributed by atoms with Crippen molar-refractivity contribution in [1.82, 2.24) is 0 Å². The van der Waals surface area contributed by atoms with Gasteiger partial charge >= 0.3 is 5.97 Å². The van der Waals surface area contributed by atoms with E-state index in [1.54, 1.807) is 12.1 Å². The number of nitrogens with zero attached hydrogens (tertiary/aromatic N) is 1. The molecule has 1 fully saturated rings. The number of carbonyl (C=O) groups is 4. The number of hydrogen-bond donors (Lipinski definition) is 1. The summed E-state index contributed by atoms with van der Waals surface area (Å²) in [5, 5.41) is 2.74. The van der Waals surface area contributed by atoms with Crippen LogP contribution in [0.4, 0.5) is 11.4 Å². The third-order valence-electron chi connectivity index (χ3n) is 6.24. The van der Waals surface area contributed by atoms with Gasteiger partial charge in [0.1, 0.15) is 0 Å². The summed E-state index contributed by atoms with van der Waals surface area (Å²) in [5.41, 5.74) is 3.24. The van der Waals surface area contributed by atoms with Crippen LogP contribution < -0.4 is 10.2 Å². The van der Waals surface area contributed by atoms with E-state index in [2.05, 4.69) is 5.32 Å². The van der Waals surface area contributed by atoms with Crippen LogP contribution in [-0.4, -0.2) is 30.3 Å². The molecule has 0 saturated carbocycles. The Balaban J connectivity index is 1.38. The van der Waals surface area contributed by atoms with Crippen LogP contribution in [0, 0.1) is 31.6 Å². The van der Waals surface area contributed by atoms with Crippen LogP contribution >= 0.6 is 0 Å². The summed E-state index contributed by atoms with van der Waals surface area (Å²) in [6, 6.07) is 11.8. The zero-order chi connectivity index (χ0) is 23.7. The van der Waals surface area contributed by atoms with E-state index in [0.717, 1.165) is 11.1 Å². The number of aryl methyl sites for hydroxylation is 2. The van der Waals surface area contributed by atoms with Crippen molar-refractivity contribution in [3.63, 3.8) is 0 Å². The zero-order valence-corrected chi connectivity index (χ0v) is 18.8. The summed E-state index contributed by atoms with van der Waals surface area (Å²) >= 11 is 0.